The van der Waals surface area contributed by atoms with E-state index < -0.39 is 0 Å². The van der Waals surface area contributed by atoms with Gasteiger partial charge in [-0.2, -0.15) is 0 Å². The third-order valence-corrected chi connectivity index (χ3v) is 5.21. The minimum Gasteiger partial charge on any atom is -0.372 e. The first kappa shape index (κ1) is 17.5. The third kappa shape index (κ3) is 3.54. The van der Waals surface area contributed by atoms with Gasteiger partial charge < -0.3 is 15.5 Å². The summed E-state index contributed by atoms with van der Waals surface area (Å²) in [7, 11) is 2.09. The lowest BCUT2D eigenvalue weighted by atomic mass is 9.93. The molecule has 4 heteroatoms. The van der Waals surface area contributed by atoms with Crippen LogP contribution in [0.4, 0.5) is 5.69 Å². The number of nitrogens with two attached hydrogens (primary N) is 1. The van der Waals surface area contributed by atoms with Gasteiger partial charge in [0.25, 0.3) is 0 Å². The highest BCUT2D eigenvalue weighted by Crippen LogP contribution is 2.29. The second kappa shape index (κ2) is 7.28. The number of rotatable bonds is 3. The van der Waals surface area contributed by atoms with Crippen molar-refractivity contribution in [1.29, 1.82) is 0 Å². The van der Waals surface area contributed by atoms with Crippen molar-refractivity contribution in [1.82, 2.24) is 4.90 Å². The van der Waals surface area contributed by atoms with Crippen molar-refractivity contribution < 1.29 is 4.79 Å². The molecule has 1 heterocycles. The molecule has 2 aromatic carbocycles. The van der Waals surface area contributed by atoms with Crippen LogP contribution in [0.25, 0.3) is 0 Å². The summed E-state index contributed by atoms with van der Waals surface area (Å²) in [5.41, 5.74) is 9.78. The van der Waals surface area contributed by atoms with Crippen molar-refractivity contribution in [2.45, 2.75) is 32.5 Å². The number of likely N-dealkylation sites (N-methyl/N-ethyl adjacent to an activating group) is 1. The van der Waals surface area contributed by atoms with Crippen LogP contribution in [-0.2, 0) is 11.3 Å². The molecule has 1 amide bonds. The van der Waals surface area contributed by atoms with Gasteiger partial charge in [0.15, 0.2) is 0 Å². The maximum absolute atomic E-state index is 13.2. The summed E-state index contributed by atoms with van der Waals surface area (Å²) in [5, 5.41) is 0. The molecule has 3 unspecified atom stereocenters. The van der Waals surface area contributed by atoms with Gasteiger partial charge >= 0.3 is 0 Å². The Morgan fingerprint density at radius 3 is 2.48 bits per heavy atom. The molecule has 0 radical (unpaired) electrons. The number of hydrogen-bond acceptors (Lipinski definition) is 3. The minimum absolute atomic E-state index is 0.119. The lowest BCUT2D eigenvalue weighted by molar-refractivity contribution is -0.138. The van der Waals surface area contributed by atoms with Crippen LogP contribution in [0.5, 0.6) is 0 Å². The van der Waals surface area contributed by atoms with Crippen LogP contribution >= 0.6 is 0 Å². The van der Waals surface area contributed by atoms with Gasteiger partial charge in [0.1, 0.15) is 0 Å². The summed E-state index contributed by atoms with van der Waals surface area (Å²) in [4.78, 5) is 17.4. The van der Waals surface area contributed by atoms with Crippen LogP contribution in [0.3, 0.4) is 0 Å². The van der Waals surface area contributed by atoms with Gasteiger partial charge in [-0.1, -0.05) is 55.5 Å². The van der Waals surface area contributed by atoms with Crippen molar-refractivity contribution in [2.75, 3.05) is 18.5 Å². The summed E-state index contributed by atoms with van der Waals surface area (Å²) in [5.74, 6) is -0.144. The van der Waals surface area contributed by atoms with E-state index in [1.54, 1.807) is 0 Å². The fraction of sp³-hybridized carbons (Fsp3) is 0.381. The van der Waals surface area contributed by atoms with Gasteiger partial charge in [-0.3, -0.25) is 4.79 Å². The number of para-hydroxylation sites is 1. The molecule has 4 nitrogen and oxygen atoms in total. The van der Waals surface area contributed by atoms with E-state index in [9.17, 15) is 4.79 Å². The highest BCUT2D eigenvalue weighted by atomic mass is 16.2. The van der Waals surface area contributed by atoms with Crippen LogP contribution < -0.4 is 10.6 Å². The molecule has 132 valence electrons. The number of carbonyl (C=O) groups excluding carboxylic acids is 1. The molecule has 2 aromatic rings. The van der Waals surface area contributed by atoms with Crippen molar-refractivity contribution in [2.24, 2.45) is 11.7 Å². The average molecular weight is 337 g/mol. The number of benzene rings is 2. The molecule has 1 aliphatic rings. The van der Waals surface area contributed by atoms with Crippen molar-refractivity contribution in [3.8, 4) is 0 Å². The molecular weight excluding hydrogens is 310 g/mol. The van der Waals surface area contributed by atoms with E-state index in [2.05, 4.69) is 31.0 Å². The molecule has 2 N–H and O–H groups in total. The topological polar surface area (TPSA) is 49.6 Å². The Morgan fingerprint density at radius 2 is 1.76 bits per heavy atom. The summed E-state index contributed by atoms with van der Waals surface area (Å²) < 4.78 is 0. The lowest BCUT2D eigenvalue weighted by Crippen LogP contribution is -2.46. The van der Waals surface area contributed by atoms with Gasteiger partial charge in [-0.05, 0) is 24.1 Å². The van der Waals surface area contributed by atoms with E-state index in [4.69, 9.17) is 5.73 Å². The predicted molar refractivity (Wildman–Crippen MR) is 102 cm³/mol. The van der Waals surface area contributed by atoms with Crippen LogP contribution in [-0.4, -0.2) is 30.4 Å². The molecule has 0 saturated heterocycles. The number of fused-ring (bicyclic) bond motifs is 1. The second-order valence-electron chi connectivity index (χ2n) is 7.05. The van der Waals surface area contributed by atoms with Crippen molar-refractivity contribution in [3.05, 3.63) is 65.7 Å². The van der Waals surface area contributed by atoms with Gasteiger partial charge in [0, 0.05) is 37.9 Å². The first-order valence-corrected chi connectivity index (χ1v) is 8.89. The maximum atomic E-state index is 13.2. The standard InChI is InChI=1S/C21H27N3O/c1-15-13-23(3)19-12-8-7-11-18(19)14-24(15)21(25)16(2)20(22)17-9-5-4-6-10-17/h4-12,15-16,20H,13-14,22H2,1-3H3. The summed E-state index contributed by atoms with van der Waals surface area (Å²) in [6.45, 7) is 5.50. The largest absolute Gasteiger partial charge is 0.372 e. The molecule has 3 rings (SSSR count). The van der Waals surface area contributed by atoms with E-state index >= 15 is 0 Å². The summed E-state index contributed by atoms with van der Waals surface area (Å²) in [6.07, 6.45) is 0. The monoisotopic (exact) mass is 337 g/mol. The van der Waals surface area contributed by atoms with E-state index in [-0.39, 0.29) is 23.9 Å². The normalized spacial score (nSPS) is 19.8. The zero-order valence-corrected chi connectivity index (χ0v) is 15.2. The second-order valence-corrected chi connectivity index (χ2v) is 7.05. The number of nitrogens with zero attached hydrogens (tertiary/aromatic N) is 2. The molecule has 0 fully saturated rings. The molecular formula is C21H27N3O. The van der Waals surface area contributed by atoms with Gasteiger partial charge in [-0.25, -0.2) is 0 Å². The Kier molecular flexibility index (Phi) is 5.09. The molecule has 1 aliphatic heterocycles. The smallest absolute Gasteiger partial charge is 0.227 e. The zero-order chi connectivity index (χ0) is 18.0. The molecule has 0 aromatic heterocycles. The zero-order valence-electron chi connectivity index (χ0n) is 15.2. The molecule has 0 aliphatic carbocycles. The fourth-order valence-electron chi connectivity index (χ4n) is 3.62. The van der Waals surface area contributed by atoms with Crippen LogP contribution in [0.2, 0.25) is 0 Å². The maximum Gasteiger partial charge on any atom is 0.227 e. The van der Waals surface area contributed by atoms with Crippen molar-refractivity contribution in [3.63, 3.8) is 0 Å². The average Bonchev–Trinajstić information content (AvgIpc) is 2.77. The lowest BCUT2D eigenvalue weighted by Gasteiger charge is -2.32. The highest BCUT2D eigenvalue weighted by Gasteiger charge is 2.32. The molecule has 0 bridgehead atoms. The number of carbonyl (C=O) groups is 1. The molecule has 0 saturated carbocycles. The van der Waals surface area contributed by atoms with Crippen LogP contribution in [0.15, 0.2) is 54.6 Å². The number of anilines is 1. The van der Waals surface area contributed by atoms with E-state index in [0.29, 0.717) is 6.54 Å². The fourth-order valence-corrected chi connectivity index (χ4v) is 3.62. The quantitative estimate of drug-likeness (QED) is 0.936. The Balaban J connectivity index is 1.83. The third-order valence-electron chi connectivity index (χ3n) is 5.21. The molecule has 0 spiro atoms. The van der Waals surface area contributed by atoms with E-state index in [1.807, 2.05) is 54.3 Å². The first-order valence-electron chi connectivity index (χ1n) is 8.89. The predicted octanol–water partition coefficient (Wildman–Crippen LogP) is 3.19. The van der Waals surface area contributed by atoms with E-state index in [0.717, 1.165) is 12.1 Å². The van der Waals surface area contributed by atoms with E-state index in [1.165, 1.54) is 11.3 Å². The van der Waals surface area contributed by atoms with Crippen LogP contribution in [0, 0.1) is 5.92 Å². The van der Waals surface area contributed by atoms with Crippen LogP contribution in [0.1, 0.15) is 31.0 Å². The Labute approximate surface area is 150 Å². The molecule has 25 heavy (non-hydrogen) atoms. The highest BCUT2D eigenvalue weighted by molar-refractivity contribution is 5.80. The minimum atomic E-state index is -0.294. The van der Waals surface area contributed by atoms with Gasteiger partial charge in [-0.15, -0.1) is 0 Å². The summed E-state index contributed by atoms with van der Waals surface area (Å²) in [6, 6.07) is 18.0. The Morgan fingerprint density at radius 1 is 1.12 bits per heavy atom. The van der Waals surface area contributed by atoms with Gasteiger partial charge in [0.2, 0.25) is 5.91 Å². The Hall–Kier alpha value is -2.33. The molecule has 3 atom stereocenters. The number of hydrogen-bond donors (Lipinski definition) is 1. The van der Waals surface area contributed by atoms with Gasteiger partial charge in [0.05, 0.1) is 5.92 Å². The SMILES string of the molecule is CC(C(=O)N1Cc2ccccc2N(C)CC1C)C(N)c1ccccc1. The number of amides is 1. The first-order chi connectivity index (χ1) is 12.0. The van der Waals surface area contributed by atoms with Crippen molar-refractivity contribution >= 4 is 11.6 Å². The summed E-state index contributed by atoms with van der Waals surface area (Å²) >= 11 is 0. The Bertz CT molecular complexity index is 731.